The maximum atomic E-state index is 5.51. The van der Waals surface area contributed by atoms with Gasteiger partial charge >= 0.3 is 0 Å². The van der Waals surface area contributed by atoms with Crippen molar-refractivity contribution in [1.82, 2.24) is 10.3 Å². The van der Waals surface area contributed by atoms with Crippen molar-refractivity contribution < 1.29 is 9.47 Å². The number of rotatable bonds is 7. The maximum absolute atomic E-state index is 5.51. The SMILES string of the molecule is COc1cccc([C@@H](C)NCc2ccc(OC)c(-c3csc(C)n3)c2)c1. The molecule has 0 fully saturated rings. The molecule has 0 aliphatic carbocycles. The molecule has 1 atom stereocenters. The van der Waals surface area contributed by atoms with E-state index < -0.39 is 0 Å². The molecule has 0 saturated carbocycles. The van der Waals surface area contributed by atoms with Gasteiger partial charge in [0.05, 0.1) is 24.9 Å². The first-order chi connectivity index (χ1) is 12.6. The molecule has 1 aromatic heterocycles. The van der Waals surface area contributed by atoms with Crippen LogP contribution in [0.1, 0.15) is 29.1 Å². The minimum atomic E-state index is 0.220. The lowest BCUT2D eigenvalue weighted by molar-refractivity contribution is 0.413. The molecule has 0 saturated heterocycles. The summed E-state index contributed by atoms with van der Waals surface area (Å²) in [6.45, 7) is 4.93. The van der Waals surface area contributed by atoms with E-state index in [1.807, 2.05) is 25.1 Å². The molecular formula is C21H24N2O2S. The van der Waals surface area contributed by atoms with Gasteiger partial charge in [-0.3, -0.25) is 0 Å². The average molecular weight is 369 g/mol. The summed E-state index contributed by atoms with van der Waals surface area (Å²) in [5.74, 6) is 1.72. The number of hydrogen-bond donors (Lipinski definition) is 1. The van der Waals surface area contributed by atoms with Crippen molar-refractivity contribution in [2.45, 2.75) is 26.4 Å². The number of aryl methyl sites for hydroxylation is 1. The summed E-state index contributed by atoms with van der Waals surface area (Å²) in [7, 11) is 3.39. The first-order valence-corrected chi connectivity index (χ1v) is 9.45. The highest BCUT2D eigenvalue weighted by molar-refractivity contribution is 7.09. The molecule has 0 aliphatic rings. The Kier molecular flexibility index (Phi) is 5.91. The lowest BCUT2D eigenvalue weighted by Gasteiger charge is -2.16. The van der Waals surface area contributed by atoms with Gasteiger partial charge in [-0.1, -0.05) is 18.2 Å². The van der Waals surface area contributed by atoms with Gasteiger partial charge < -0.3 is 14.8 Å². The van der Waals surface area contributed by atoms with Crippen LogP contribution in [0.15, 0.2) is 47.8 Å². The number of methoxy groups -OCH3 is 2. The fourth-order valence-electron chi connectivity index (χ4n) is 2.85. The van der Waals surface area contributed by atoms with Gasteiger partial charge in [-0.2, -0.15) is 0 Å². The molecule has 0 amide bonds. The number of thiazole rings is 1. The summed E-state index contributed by atoms with van der Waals surface area (Å²) in [5.41, 5.74) is 4.40. The van der Waals surface area contributed by atoms with Crippen LogP contribution in [0.3, 0.4) is 0 Å². The summed E-state index contributed by atoms with van der Waals surface area (Å²) in [6, 6.07) is 14.6. The van der Waals surface area contributed by atoms with E-state index in [9.17, 15) is 0 Å². The zero-order valence-corrected chi connectivity index (χ0v) is 16.4. The predicted molar refractivity (Wildman–Crippen MR) is 107 cm³/mol. The normalized spacial score (nSPS) is 12.0. The highest BCUT2D eigenvalue weighted by atomic mass is 32.1. The molecule has 3 rings (SSSR count). The number of nitrogens with one attached hydrogen (secondary N) is 1. The van der Waals surface area contributed by atoms with Gasteiger partial charge in [0.2, 0.25) is 0 Å². The summed E-state index contributed by atoms with van der Waals surface area (Å²) in [4.78, 5) is 4.60. The van der Waals surface area contributed by atoms with Gasteiger partial charge in [-0.15, -0.1) is 11.3 Å². The van der Waals surface area contributed by atoms with Gasteiger partial charge in [0.15, 0.2) is 0 Å². The molecule has 0 radical (unpaired) electrons. The van der Waals surface area contributed by atoms with Gasteiger partial charge in [0.25, 0.3) is 0 Å². The number of ether oxygens (including phenoxy) is 2. The van der Waals surface area contributed by atoms with Crippen LogP contribution in [-0.2, 0) is 6.54 Å². The van der Waals surface area contributed by atoms with Crippen molar-refractivity contribution in [3.8, 4) is 22.8 Å². The van der Waals surface area contributed by atoms with Crippen molar-refractivity contribution in [1.29, 1.82) is 0 Å². The summed E-state index contributed by atoms with van der Waals surface area (Å²) < 4.78 is 10.8. The Morgan fingerprint density at radius 2 is 1.96 bits per heavy atom. The number of hydrogen-bond acceptors (Lipinski definition) is 5. The van der Waals surface area contributed by atoms with Crippen molar-refractivity contribution in [3.63, 3.8) is 0 Å². The predicted octanol–water partition coefficient (Wildman–Crippen LogP) is 4.99. The van der Waals surface area contributed by atoms with Gasteiger partial charge in [-0.25, -0.2) is 4.98 Å². The van der Waals surface area contributed by atoms with E-state index in [0.717, 1.165) is 34.3 Å². The van der Waals surface area contributed by atoms with Crippen LogP contribution in [0.2, 0.25) is 0 Å². The Morgan fingerprint density at radius 1 is 1.12 bits per heavy atom. The average Bonchev–Trinajstić information content (AvgIpc) is 3.12. The third-order valence-electron chi connectivity index (χ3n) is 4.37. The molecule has 3 aromatic rings. The molecule has 5 heteroatoms. The first kappa shape index (κ1) is 18.4. The fraction of sp³-hybridized carbons (Fsp3) is 0.286. The third kappa shape index (κ3) is 4.23. The lowest BCUT2D eigenvalue weighted by Crippen LogP contribution is -2.18. The van der Waals surface area contributed by atoms with E-state index in [2.05, 4.69) is 46.9 Å². The highest BCUT2D eigenvalue weighted by Gasteiger charge is 2.11. The Morgan fingerprint density at radius 3 is 2.65 bits per heavy atom. The Balaban J connectivity index is 1.75. The van der Waals surface area contributed by atoms with E-state index in [-0.39, 0.29) is 6.04 Å². The molecule has 0 bridgehead atoms. The second kappa shape index (κ2) is 8.34. The molecule has 0 spiro atoms. The standard InChI is InChI=1S/C21H24N2O2S/c1-14(17-6-5-7-18(11-17)24-3)22-12-16-8-9-21(25-4)19(10-16)20-13-26-15(2)23-20/h5-11,13-14,22H,12H2,1-4H3/t14-/m1/s1. The quantitative estimate of drug-likeness (QED) is 0.638. The molecule has 1 heterocycles. The molecule has 0 unspecified atom stereocenters. The van der Waals surface area contributed by atoms with Crippen LogP contribution in [0.5, 0.6) is 11.5 Å². The van der Waals surface area contributed by atoms with E-state index in [4.69, 9.17) is 9.47 Å². The fourth-order valence-corrected chi connectivity index (χ4v) is 3.46. The van der Waals surface area contributed by atoms with E-state index in [0.29, 0.717) is 0 Å². The summed E-state index contributed by atoms with van der Waals surface area (Å²) >= 11 is 1.65. The summed E-state index contributed by atoms with van der Waals surface area (Å²) in [5, 5.41) is 6.70. The highest BCUT2D eigenvalue weighted by Crippen LogP contribution is 2.31. The smallest absolute Gasteiger partial charge is 0.128 e. The topological polar surface area (TPSA) is 43.4 Å². The molecule has 136 valence electrons. The zero-order chi connectivity index (χ0) is 18.5. The number of benzene rings is 2. The second-order valence-electron chi connectivity index (χ2n) is 6.17. The largest absolute Gasteiger partial charge is 0.497 e. The van der Waals surface area contributed by atoms with E-state index in [1.54, 1.807) is 25.6 Å². The van der Waals surface area contributed by atoms with Gasteiger partial charge in [-0.05, 0) is 49.2 Å². The molecule has 4 nitrogen and oxygen atoms in total. The Hall–Kier alpha value is -2.37. The van der Waals surface area contributed by atoms with Crippen LogP contribution < -0.4 is 14.8 Å². The molecule has 0 aliphatic heterocycles. The van der Waals surface area contributed by atoms with Crippen molar-refractivity contribution in [2.24, 2.45) is 0 Å². The Labute approximate surface area is 158 Å². The van der Waals surface area contributed by atoms with Crippen molar-refractivity contribution >= 4 is 11.3 Å². The van der Waals surface area contributed by atoms with Crippen LogP contribution >= 0.6 is 11.3 Å². The monoisotopic (exact) mass is 368 g/mol. The van der Waals surface area contributed by atoms with Crippen LogP contribution in [0.25, 0.3) is 11.3 Å². The maximum Gasteiger partial charge on any atom is 0.128 e. The second-order valence-corrected chi connectivity index (χ2v) is 7.23. The molecule has 2 aromatic carbocycles. The number of aromatic nitrogens is 1. The number of nitrogens with zero attached hydrogens (tertiary/aromatic N) is 1. The van der Waals surface area contributed by atoms with Gasteiger partial charge in [0, 0.05) is 23.5 Å². The van der Waals surface area contributed by atoms with E-state index >= 15 is 0 Å². The molecule has 1 N–H and O–H groups in total. The minimum absolute atomic E-state index is 0.220. The van der Waals surface area contributed by atoms with Crippen molar-refractivity contribution in [3.05, 3.63) is 64.0 Å². The van der Waals surface area contributed by atoms with Crippen LogP contribution in [-0.4, -0.2) is 19.2 Å². The zero-order valence-electron chi connectivity index (χ0n) is 15.6. The third-order valence-corrected chi connectivity index (χ3v) is 5.14. The van der Waals surface area contributed by atoms with Crippen LogP contribution in [0, 0.1) is 6.92 Å². The van der Waals surface area contributed by atoms with Crippen LogP contribution in [0.4, 0.5) is 0 Å². The summed E-state index contributed by atoms with van der Waals surface area (Å²) in [6.07, 6.45) is 0. The van der Waals surface area contributed by atoms with E-state index in [1.165, 1.54) is 11.1 Å². The van der Waals surface area contributed by atoms with Crippen molar-refractivity contribution in [2.75, 3.05) is 14.2 Å². The molecular weight excluding hydrogens is 344 g/mol. The Bertz CT molecular complexity index is 876. The minimum Gasteiger partial charge on any atom is -0.497 e. The van der Waals surface area contributed by atoms with Gasteiger partial charge in [0.1, 0.15) is 11.5 Å². The lowest BCUT2D eigenvalue weighted by atomic mass is 10.1. The molecule has 26 heavy (non-hydrogen) atoms. The first-order valence-electron chi connectivity index (χ1n) is 8.57.